The Bertz CT molecular complexity index is 1050. The van der Waals surface area contributed by atoms with Crippen molar-refractivity contribution in [3.05, 3.63) is 84.4 Å². The highest BCUT2D eigenvalue weighted by molar-refractivity contribution is 6.38. The molecule has 0 radical (unpaired) electrons. The van der Waals surface area contributed by atoms with Crippen LogP contribution in [0, 0.1) is 0 Å². The highest BCUT2D eigenvalue weighted by Crippen LogP contribution is 2.29. The Morgan fingerprint density at radius 1 is 0.812 bits per heavy atom. The molecule has 1 amide bonds. The van der Waals surface area contributed by atoms with Crippen molar-refractivity contribution in [2.75, 3.05) is 12.0 Å². The van der Waals surface area contributed by atoms with Crippen LogP contribution in [0.2, 0.25) is 0 Å². The number of hydrogen-bond donors (Lipinski definition) is 0. The van der Waals surface area contributed by atoms with Crippen LogP contribution in [0.15, 0.2) is 78.9 Å². The van der Waals surface area contributed by atoms with Gasteiger partial charge in [-0.1, -0.05) is 30.3 Å². The molecule has 6 nitrogen and oxygen atoms in total. The minimum absolute atomic E-state index is 0.148. The van der Waals surface area contributed by atoms with Crippen molar-refractivity contribution in [3.8, 4) is 17.2 Å². The molecule has 0 N–H and O–H groups in total. The molecular formula is C23H18F3NO5. The number of carbonyl (C=O) groups is 2. The zero-order chi connectivity index (χ0) is 23.1. The molecule has 3 aromatic carbocycles. The van der Waals surface area contributed by atoms with Gasteiger partial charge in [0.05, 0.1) is 13.7 Å². The number of anilines is 1. The van der Waals surface area contributed by atoms with Crippen molar-refractivity contribution >= 4 is 17.6 Å². The van der Waals surface area contributed by atoms with Gasteiger partial charge in [-0.15, -0.1) is 13.2 Å². The maximum atomic E-state index is 12.5. The molecule has 0 aliphatic rings. The summed E-state index contributed by atoms with van der Waals surface area (Å²) in [4.78, 5) is 25.6. The summed E-state index contributed by atoms with van der Waals surface area (Å²) < 4.78 is 50.7. The monoisotopic (exact) mass is 445 g/mol. The number of methoxy groups -OCH3 is 1. The Morgan fingerprint density at radius 2 is 1.34 bits per heavy atom. The molecule has 3 aromatic rings. The molecule has 0 heterocycles. The summed E-state index contributed by atoms with van der Waals surface area (Å²) in [6.07, 6.45) is -4.77. The fourth-order valence-corrected chi connectivity index (χ4v) is 2.78. The van der Waals surface area contributed by atoms with Gasteiger partial charge in [0.25, 0.3) is 0 Å². The zero-order valence-electron chi connectivity index (χ0n) is 16.8. The number of nitrogens with zero attached hydrogens (tertiary/aromatic N) is 1. The van der Waals surface area contributed by atoms with E-state index in [1.165, 1.54) is 17.0 Å². The second-order valence-corrected chi connectivity index (χ2v) is 6.48. The first-order chi connectivity index (χ1) is 15.2. The Hall–Kier alpha value is -4.01. The van der Waals surface area contributed by atoms with E-state index in [0.717, 1.165) is 24.8 Å². The van der Waals surface area contributed by atoms with Gasteiger partial charge in [-0.05, 0) is 54.1 Å². The highest BCUT2D eigenvalue weighted by atomic mass is 19.4. The summed E-state index contributed by atoms with van der Waals surface area (Å²) in [7, 11) is 1.13. The van der Waals surface area contributed by atoms with Crippen molar-refractivity contribution in [2.45, 2.75) is 12.9 Å². The quantitative estimate of drug-likeness (QED) is 0.391. The van der Waals surface area contributed by atoms with Crippen molar-refractivity contribution in [1.82, 2.24) is 0 Å². The number of rotatable bonds is 6. The van der Waals surface area contributed by atoms with Crippen LogP contribution in [0.5, 0.6) is 17.2 Å². The fourth-order valence-electron chi connectivity index (χ4n) is 2.78. The van der Waals surface area contributed by atoms with Crippen molar-refractivity contribution < 1.29 is 37.0 Å². The molecule has 0 bridgehead atoms. The van der Waals surface area contributed by atoms with Gasteiger partial charge in [0, 0.05) is 5.69 Å². The normalized spacial score (nSPS) is 10.9. The lowest BCUT2D eigenvalue weighted by Crippen LogP contribution is -2.36. The number of hydrogen-bond acceptors (Lipinski definition) is 5. The first-order valence-corrected chi connectivity index (χ1v) is 9.32. The lowest BCUT2D eigenvalue weighted by Gasteiger charge is -2.22. The summed E-state index contributed by atoms with van der Waals surface area (Å²) >= 11 is 0. The van der Waals surface area contributed by atoms with Crippen LogP contribution in [0.1, 0.15) is 5.56 Å². The molecule has 3 rings (SSSR count). The van der Waals surface area contributed by atoms with Crippen molar-refractivity contribution in [1.29, 1.82) is 0 Å². The first-order valence-electron chi connectivity index (χ1n) is 9.32. The van der Waals surface area contributed by atoms with E-state index in [1.807, 2.05) is 30.3 Å². The molecule has 0 saturated carbocycles. The van der Waals surface area contributed by atoms with E-state index < -0.39 is 18.2 Å². The van der Waals surface area contributed by atoms with Gasteiger partial charge in [0.2, 0.25) is 0 Å². The van der Waals surface area contributed by atoms with Crippen molar-refractivity contribution in [2.24, 2.45) is 0 Å². The topological polar surface area (TPSA) is 65.1 Å². The SMILES string of the molecule is COC(=O)C(=O)N(Cc1ccccc1)c1ccc(Oc2ccc(OC(F)(F)F)cc2)cc1. The molecule has 0 unspecified atom stereocenters. The maximum Gasteiger partial charge on any atom is 0.573 e. The van der Waals surface area contributed by atoms with Gasteiger partial charge in [-0.25, -0.2) is 4.79 Å². The van der Waals surface area contributed by atoms with E-state index in [-0.39, 0.29) is 12.3 Å². The van der Waals surface area contributed by atoms with Gasteiger partial charge >= 0.3 is 18.2 Å². The molecule has 0 atom stereocenters. The molecule has 0 fully saturated rings. The van der Waals surface area contributed by atoms with E-state index in [9.17, 15) is 22.8 Å². The molecular weight excluding hydrogens is 427 g/mol. The predicted molar refractivity (Wildman–Crippen MR) is 109 cm³/mol. The number of benzene rings is 3. The van der Waals surface area contributed by atoms with Crippen LogP contribution in [-0.4, -0.2) is 25.3 Å². The van der Waals surface area contributed by atoms with Crippen LogP contribution in [0.4, 0.5) is 18.9 Å². The lowest BCUT2D eigenvalue weighted by molar-refractivity contribution is -0.274. The third kappa shape index (κ3) is 6.24. The summed E-state index contributed by atoms with van der Waals surface area (Å²) in [5.41, 5.74) is 1.25. The van der Waals surface area contributed by atoms with E-state index in [4.69, 9.17) is 4.74 Å². The Kier molecular flexibility index (Phi) is 6.99. The van der Waals surface area contributed by atoms with Crippen molar-refractivity contribution in [3.63, 3.8) is 0 Å². The second kappa shape index (κ2) is 9.86. The standard InChI is InChI=1S/C23H18F3NO5/c1-30-22(29)21(28)27(15-16-5-3-2-4-6-16)17-7-9-18(10-8-17)31-19-11-13-20(14-12-19)32-23(24,25)26/h2-14H,15H2,1H3. The van der Waals surface area contributed by atoms with Crippen LogP contribution < -0.4 is 14.4 Å². The van der Waals surface area contributed by atoms with Gasteiger partial charge in [0.1, 0.15) is 17.2 Å². The summed E-state index contributed by atoms with van der Waals surface area (Å²) in [6.45, 7) is 0.148. The van der Waals surface area contributed by atoms with Crippen LogP contribution in [-0.2, 0) is 20.9 Å². The smallest absolute Gasteiger partial charge is 0.462 e. The number of halogens is 3. The van der Waals surface area contributed by atoms with Gasteiger partial charge in [-0.3, -0.25) is 9.69 Å². The summed E-state index contributed by atoms with van der Waals surface area (Å²) in [6, 6.07) is 20.3. The maximum absolute atomic E-state index is 12.5. The number of amides is 1. The first kappa shape index (κ1) is 22.7. The predicted octanol–water partition coefficient (Wildman–Crippen LogP) is 5.08. The van der Waals surface area contributed by atoms with Crippen LogP contribution in [0.25, 0.3) is 0 Å². The van der Waals surface area contributed by atoms with E-state index in [2.05, 4.69) is 9.47 Å². The Labute approximate surface area is 181 Å². The molecule has 32 heavy (non-hydrogen) atoms. The average Bonchev–Trinajstić information content (AvgIpc) is 2.78. The average molecular weight is 445 g/mol. The highest BCUT2D eigenvalue weighted by Gasteiger charge is 2.31. The minimum Gasteiger partial charge on any atom is -0.462 e. The van der Waals surface area contributed by atoms with E-state index in [0.29, 0.717) is 17.2 Å². The molecule has 0 aliphatic heterocycles. The molecule has 9 heteroatoms. The number of esters is 1. The zero-order valence-corrected chi connectivity index (χ0v) is 16.8. The third-order valence-electron chi connectivity index (χ3n) is 4.23. The molecule has 166 valence electrons. The summed E-state index contributed by atoms with van der Waals surface area (Å²) in [5, 5.41) is 0. The molecule has 0 spiro atoms. The van der Waals surface area contributed by atoms with Crippen LogP contribution >= 0.6 is 0 Å². The third-order valence-corrected chi connectivity index (χ3v) is 4.23. The largest absolute Gasteiger partial charge is 0.573 e. The Balaban J connectivity index is 1.75. The molecule has 0 aromatic heterocycles. The van der Waals surface area contributed by atoms with Gasteiger partial charge < -0.3 is 14.2 Å². The number of alkyl halides is 3. The minimum atomic E-state index is -4.77. The number of carbonyl (C=O) groups excluding carboxylic acids is 2. The van der Waals surface area contributed by atoms with Crippen LogP contribution in [0.3, 0.4) is 0 Å². The second-order valence-electron chi connectivity index (χ2n) is 6.48. The van der Waals surface area contributed by atoms with Gasteiger partial charge in [-0.2, -0.15) is 0 Å². The molecule has 0 aliphatic carbocycles. The van der Waals surface area contributed by atoms with E-state index in [1.54, 1.807) is 24.3 Å². The molecule has 0 saturated heterocycles. The fraction of sp³-hybridized carbons (Fsp3) is 0.130. The lowest BCUT2D eigenvalue weighted by atomic mass is 10.2. The summed E-state index contributed by atoms with van der Waals surface area (Å²) in [5.74, 6) is -1.52. The Morgan fingerprint density at radius 3 is 1.88 bits per heavy atom. The number of ether oxygens (including phenoxy) is 3. The van der Waals surface area contributed by atoms with E-state index >= 15 is 0 Å². The van der Waals surface area contributed by atoms with Gasteiger partial charge in [0.15, 0.2) is 0 Å².